The van der Waals surface area contributed by atoms with Crippen molar-refractivity contribution in [2.24, 2.45) is 0 Å². The summed E-state index contributed by atoms with van der Waals surface area (Å²) < 4.78 is 5.72. The predicted molar refractivity (Wildman–Crippen MR) is 181 cm³/mol. The Labute approximate surface area is 261 Å². The van der Waals surface area contributed by atoms with Crippen LogP contribution in [0.25, 0.3) is 0 Å². The molecule has 0 aromatic rings. The van der Waals surface area contributed by atoms with Gasteiger partial charge >= 0.3 is 11.9 Å². The van der Waals surface area contributed by atoms with Crippen molar-refractivity contribution in [1.82, 2.24) is 0 Å². The highest BCUT2D eigenvalue weighted by molar-refractivity contribution is 5.69. The van der Waals surface area contributed by atoms with E-state index in [4.69, 9.17) is 9.84 Å². The lowest BCUT2D eigenvalue weighted by Crippen LogP contribution is -2.19. The smallest absolute Gasteiger partial charge is 0.306 e. The predicted octanol–water partition coefficient (Wildman–Crippen LogP) is 12.4. The SMILES string of the molecule is CCCCC/C=C\C/C=C\CCCCCCCCCC(=O)OC(CCCCCCCCCCCCCC)CCC(=O)O. The molecule has 0 aromatic carbocycles. The van der Waals surface area contributed by atoms with Crippen LogP contribution in [0.2, 0.25) is 0 Å². The topological polar surface area (TPSA) is 63.6 Å². The molecule has 4 nitrogen and oxygen atoms in total. The van der Waals surface area contributed by atoms with Gasteiger partial charge in [0.25, 0.3) is 0 Å². The molecular weight excluding hydrogens is 520 g/mol. The molecule has 0 bridgehead atoms. The Morgan fingerprint density at radius 2 is 0.952 bits per heavy atom. The summed E-state index contributed by atoms with van der Waals surface area (Å²) in [6.07, 6.45) is 41.8. The molecule has 0 spiro atoms. The van der Waals surface area contributed by atoms with Gasteiger partial charge in [-0.1, -0.05) is 154 Å². The minimum absolute atomic E-state index is 0.0716. The number of carboxylic acids is 1. The normalized spacial score (nSPS) is 12.4. The number of hydrogen-bond donors (Lipinski definition) is 1. The number of unbranched alkanes of at least 4 members (excludes halogenated alkanes) is 21. The van der Waals surface area contributed by atoms with Crippen LogP contribution in [0.4, 0.5) is 0 Å². The van der Waals surface area contributed by atoms with Crippen LogP contribution in [-0.2, 0) is 14.3 Å². The Bertz CT molecular complexity index is 639. The quantitative estimate of drug-likeness (QED) is 0.0469. The molecule has 0 rings (SSSR count). The molecule has 1 unspecified atom stereocenters. The number of allylic oxidation sites excluding steroid dienone is 4. The van der Waals surface area contributed by atoms with E-state index in [0.717, 1.165) is 38.5 Å². The van der Waals surface area contributed by atoms with E-state index in [1.54, 1.807) is 0 Å². The van der Waals surface area contributed by atoms with E-state index in [9.17, 15) is 9.59 Å². The molecule has 0 aromatic heterocycles. The highest BCUT2D eigenvalue weighted by Gasteiger charge is 2.15. The number of aliphatic carboxylic acids is 1. The highest BCUT2D eigenvalue weighted by Crippen LogP contribution is 2.17. The second-order valence-corrected chi connectivity index (χ2v) is 12.4. The molecule has 0 amide bonds. The summed E-state index contributed by atoms with van der Waals surface area (Å²) in [7, 11) is 0. The summed E-state index contributed by atoms with van der Waals surface area (Å²) in [5, 5.41) is 9.09. The zero-order valence-corrected chi connectivity index (χ0v) is 28.1. The fourth-order valence-electron chi connectivity index (χ4n) is 5.44. The second kappa shape index (κ2) is 33.9. The first-order valence-corrected chi connectivity index (χ1v) is 18.3. The van der Waals surface area contributed by atoms with Crippen LogP contribution in [0.5, 0.6) is 0 Å². The van der Waals surface area contributed by atoms with Gasteiger partial charge in [0.1, 0.15) is 6.10 Å². The Hall–Kier alpha value is -1.58. The number of carbonyl (C=O) groups is 2. The van der Waals surface area contributed by atoms with Gasteiger partial charge in [0.05, 0.1) is 0 Å². The van der Waals surface area contributed by atoms with Gasteiger partial charge in [-0.2, -0.15) is 0 Å². The molecule has 0 aliphatic carbocycles. The van der Waals surface area contributed by atoms with E-state index in [0.29, 0.717) is 12.8 Å². The molecule has 1 atom stereocenters. The van der Waals surface area contributed by atoms with Gasteiger partial charge in [0.2, 0.25) is 0 Å². The first-order valence-electron chi connectivity index (χ1n) is 18.3. The van der Waals surface area contributed by atoms with Crippen LogP contribution in [0, 0.1) is 0 Å². The lowest BCUT2D eigenvalue weighted by atomic mass is 10.0. The number of carbonyl (C=O) groups excluding carboxylic acids is 1. The minimum Gasteiger partial charge on any atom is -0.481 e. The average Bonchev–Trinajstić information content (AvgIpc) is 2.97. The van der Waals surface area contributed by atoms with E-state index < -0.39 is 5.97 Å². The van der Waals surface area contributed by atoms with Gasteiger partial charge in [-0.3, -0.25) is 9.59 Å². The van der Waals surface area contributed by atoms with Gasteiger partial charge in [-0.25, -0.2) is 0 Å². The number of ether oxygens (including phenoxy) is 1. The molecule has 0 saturated heterocycles. The molecule has 0 fully saturated rings. The molecule has 1 N–H and O–H groups in total. The standard InChI is InChI=1S/C38H70O4/c1-3-5-7-9-11-13-15-17-18-19-20-21-23-25-27-29-31-33-38(41)42-36(34-35-37(39)40)32-30-28-26-24-22-16-14-12-10-8-6-4-2/h11,13,17-18,36H,3-10,12,14-16,19-35H2,1-2H3,(H,39,40)/b13-11-,18-17-. The monoisotopic (exact) mass is 591 g/mol. The number of esters is 1. The van der Waals surface area contributed by atoms with E-state index in [2.05, 4.69) is 38.2 Å². The van der Waals surface area contributed by atoms with Crippen molar-refractivity contribution in [3.05, 3.63) is 24.3 Å². The van der Waals surface area contributed by atoms with Crippen molar-refractivity contribution < 1.29 is 19.4 Å². The van der Waals surface area contributed by atoms with E-state index in [-0.39, 0.29) is 18.5 Å². The zero-order chi connectivity index (χ0) is 30.8. The zero-order valence-electron chi connectivity index (χ0n) is 28.1. The molecule has 4 heteroatoms. The molecule has 0 heterocycles. The summed E-state index contributed by atoms with van der Waals surface area (Å²) in [5.41, 5.74) is 0. The molecule has 42 heavy (non-hydrogen) atoms. The summed E-state index contributed by atoms with van der Waals surface area (Å²) in [6.45, 7) is 4.51. The van der Waals surface area contributed by atoms with Gasteiger partial charge in [-0.15, -0.1) is 0 Å². The van der Waals surface area contributed by atoms with Gasteiger partial charge in [0.15, 0.2) is 0 Å². The van der Waals surface area contributed by atoms with Crippen molar-refractivity contribution in [1.29, 1.82) is 0 Å². The Balaban J connectivity index is 3.75. The van der Waals surface area contributed by atoms with E-state index >= 15 is 0 Å². The van der Waals surface area contributed by atoms with Gasteiger partial charge in [0, 0.05) is 12.8 Å². The van der Waals surface area contributed by atoms with Crippen LogP contribution in [0.3, 0.4) is 0 Å². The minimum atomic E-state index is -0.813. The number of rotatable bonds is 33. The lowest BCUT2D eigenvalue weighted by molar-refractivity contribution is -0.151. The number of hydrogen-bond acceptors (Lipinski definition) is 3. The molecule has 0 saturated carbocycles. The molecule has 246 valence electrons. The molecule has 0 aliphatic rings. The molecular formula is C38H70O4. The third-order valence-electron chi connectivity index (χ3n) is 8.19. The maximum Gasteiger partial charge on any atom is 0.306 e. The average molecular weight is 591 g/mol. The first-order chi connectivity index (χ1) is 20.6. The van der Waals surface area contributed by atoms with Crippen molar-refractivity contribution in [2.45, 2.75) is 206 Å². The van der Waals surface area contributed by atoms with Gasteiger partial charge < -0.3 is 9.84 Å². The van der Waals surface area contributed by atoms with Crippen LogP contribution in [0.15, 0.2) is 24.3 Å². The number of carboxylic acid groups (broad SMARTS) is 1. The van der Waals surface area contributed by atoms with Crippen LogP contribution in [0.1, 0.15) is 200 Å². The van der Waals surface area contributed by atoms with Crippen molar-refractivity contribution >= 4 is 11.9 Å². The van der Waals surface area contributed by atoms with Crippen LogP contribution in [-0.4, -0.2) is 23.1 Å². The Kier molecular flexibility index (Phi) is 32.6. The van der Waals surface area contributed by atoms with Crippen molar-refractivity contribution in [3.63, 3.8) is 0 Å². The largest absolute Gasteiger partial charge is 0.481 e. The Morgan fingerprint density at radius 3 is 1.48 bits per heavy atom. The first kappa shape index (κ1) is 40.4. The summed E-state index contributed by atoms with van der Waals surface area (Å²) in [5.74, 6) is -0.959. The van der Waals surface area contributed by atoms with Crippen LogP contribution < -0.4 is 0 Å². The third-order valence-corrected chi connectivity index (χ3v) is 8.19. The fraction of sp³-hybridized carbons (Fsp3) is 0.842. The van der Waals surface area contributed by atoms with E-state index in [1.807, 2.05) is 0 Å². The third kappa shape index (κ3) is 32.9. The summed E-state index contributed by atoms with van der Waals surface area (Å²) in [4.78, 5) is 23.5. The maximum absolute atomic E-state index is 12.4. The van der Waals surface area contributed by atoms with Crippen molar-refractivity contribution in [3.8, 4) is 0 Å². The summed E-state index contributed by atoms with van der Waals surface area (Å²) in [6, 6.07) is 0. The highest BCUT2D eigenvalue weighted by atomic mass is 16.5. The Morgan fingerprint density at radius 1 is 0.524 bits per heavy atom. The maximum atomic E-state index is 12.4. The fourth-order valence-corrected chi connectivity index (χ4v) is 5.44. The van der Waals surface area contributed by atoms with Crippen LogP contribution >= 0.6 is 0 Å². The van der Waals surface area contributed by atoms with Gasteiger partial charge in [-0.05, 0) is 57.8 Å². The molecule has 0 aliphatic heterocycles. The van der Waals surface area contributed by atoms with Crippen molar-refractivity contribution in [2.75, 3.05) is 0 Å². The van der Waals surface area contributed by atoms with E-state index in [1.165, 1.54) is 128 Å². The molecule has 0 radical (unpaired) electrons. The second-order valence-electron chi connectivity index (χ2n) is 12.4. The lowest BCUT2D eigenvalue weighted by Gasteiger charge is -2.17. The summed E-state index contributed by atoms with van der Waals surface area (Å²) >= 11 is 0.